The Morgan fingerprint density at radius 3 is 2.15 bits per heavy atom. The largest absolute Gasteiger partial charge is 0.480 e. The third kappa shape index (κ3) is 4.52. The first-order valence-electron chi connectivity index (χ1n) is 11.6. The number of carbonyl (C=O) groups is 3. The maximum atomic E-state index is 12.7. The van der Waals surface area contributed by atoms with E-state index in [0.29, 0.717) is 6.54 Å². The third-order valence-electron chi connectivity index (χ3n) is 6.87. The molecule has 2 amide bonds. The summed E-state index contributed by atoms with van der Waals surface area (Å²) < 4.78 is 5.57. The van der Waals surface area contributed by atoms with Crippen LogP contribution in [-0.4, -0.2) is 53.7 Å². The zero-order valence-corrected chi connectivity index (χ0v) is 20.1. The second-order valence-electron chi connectivity index (χ2n) is 10.8. The van der Waals surface area contributed by atoms with E-state index in [0.717, 1.165) is 11.1 Å². The second kappa shape index (κ2) is 8.78. The normalized spacial score (nSPS) is 18.5. The fourth-order valence-corrected chi connectivity index (χ4v) is 5.16. The SMILES string of the molecule is CC(C)(CNC(=O)OCC1c2ccccc2-c2ccccc21)CC(=O)N1CC(C)(C)C1C(=O)O. The molecule has 2 aromatic rings. The molecular formula is C27H32N2O5. The Balaban J connectivity index is 1.30. The number of amides is 2. The van der Waals surface area contributed by atoms with Gasteiger partial charge in [-0.25, -0.2) is 9.59 Å². The monoisotopic (exact) mass is 464 g/mol. The van der Waals surface area contributed by atoms with Crippen molar-refractivity contribution in [1.82, 2.24) is 10.2 Å². The van der Waals surface area contributed by atoms with E-state index in [1.807, 2.05) is 52.0 Å². The van der Waals surface area contributed by atoms with Crippen molar-refractivity contribution < 1.29 is 24.2 Å². The lowest BCUT2D eigenvalue weighted by Crippen LogP contribution is -2.67. The number of ether oxygens (including phenoxy) is 1. The van der Waals surface area contributed by atoms with Crippen LogP contribution in [-0.2, 0) is 14.3 Å². The van der Waals surface area contributed by atoms with Crippen LogP contribution in [0.4, 0.5) is 4.79 Å². The van der Waals surface area contributed by atoms with Crippen LogP contribution in [0.25, 0.3) is 11.1 Å². The number of fused-ring (bicyclic) bond motifs is 3. The van der Waals surface area contributed by atoms with Gasteiger partial charge in [0, 0.05) is 30.8 Å². The van der Waals surface area contributed by atoms with E-state index in [9.17, 15) is 19.5 Å². The number of hydrogen-bond donors (Lipinski definition) is 2. The van der Waals surface area contributed by atoms with Crippen molar-refractivity contribution >= 4 is 18.0 Å². The lowest BCUT2D eigenvalue weighted by molar-refractivity contribution is -0.172. The highest BCUT2D eigenvalue weighted by molar-refractivity contribution is 5.87. The van der Waals surface area contributed by atoms with Gasteiger partial charge < -0.3 is 20.1 Å². The minimum atomic E-state index is -0.987. The molecule has 2 aromatic carbocycles. The molecule has 1 aliphatic heterocycles. The number of nitrogens with one attached hydrogen (secondary N) is 1. The van der Waals surface area contributed by atoms with Gasteiger partial charge in [-0.3, -0.25) is 4.79 Å². The number of rotatable bonds is 7. The van der Waals surface area contributed by atoms with Crippen molar-refractivity contribution in [1.29, 1.82) is 0 Å². The number of benzene rings is 2. The number of carbonyl (C=O) groups excluding carboxylic acids is 2. The minimum Gasteiger partial charge on any atom is -0.480 e. The van der Waals surface area contributed by atoms with Gasteiger partial charge in [-0.2, -0.15) is 0 Å². The molecular weight excluding hydrogens is 432 g/mol. The Hall–Kier alpha value is -3.35. The molecule has 0 spiro atoms. The predicted molar refractivity (Wildman–Crippen MR) is 128 cm³/mol. The van der Waals surface area contributed by atoms with Crippen molar-refractivity contribution in [3.05, 3.63) is 59.7 Å². The predicted octanol–water partition coefficient (Wildman–Crippen LogP) is 4.26. The summed E-state index contributed by atoms with van der Waals surface area (Å²) in [5.74, 6) is -1.22. The van der Waals surface area contributed by atoms with Gasteiger partial charge in [0.2, 0.25) is 5.91 Å². The number of carboxylic acid groups (broad SMARTS) is 1. The fourth-order valence-electron chi connectivity index (χ4n) is 5.16. The highest BCUT2D eigenvalue weighted by Gasteiger charge is 2.52. The molecule has 0 radical (unpaired) electrons. The zero-order valence-electron chi connectivity index (χ0n) is 20.1. The number of carboxylic acids is 1. The van der Waals surface area contributed by atoms with E-state index in [1.165, 1.54) is 16.0 Å². The quantitative estimate of drug-likeness (QED) is 0.638. The van der Waals surface area contributed by atoms with Gasteiger partial charge in [0.25, 0.3) is 0 Å². The van der Waals surface area contributed by atoms with Crippen LogP contribution in [0.3, 0.4) is 0 Å². The number of hydrogen-bond acceptors (Lipinski definition) is 4. The number of aliphatic carboxylic acids is 1. The molecule has 7 nitrogen and oxygen atoms in total. The molecule has 1 aliphatic carbocycles. The summed E-state index contributed by atoms with van der Waals surface area (Å²) in [6.07, 6.45) is -0.396. The van der Waals surface area contributed by atoms with Crippen molar-refractivity contribution in [2.24, 2.45) is 10.8 Å². The van der Waals surface area contributed by atoms with E-state index in [1.54, 1.807) is 0 Å². The second-order valence-corrected chi connectivity index (χ2v) is 10.8. The summed E-state index contributed by atoms with van der Waals surface area (Å²) in [5, 5.41) is 12.2. The van der Waals surface area contributed by atoms with Gasteiger partial charge in [0.1, 0.15) is 12.6 Å². The van der Waals surface area contributed by atoms with Crippen molar-refractivity contribution in [3.8, 4) is 11.1 Å². The minimum absolute atomic E-state index is 0.0181. The first kappa shape index (κ1) is 23.8. The molecule has 4 rings (SSSR count). The first-order chi connectivity index (χ1) is 16.0. The topological polar surface area (TPSA) is 95.9 Å². The molecule has 1 saturated heterocycles. The fraction of sp³-hybridized carbons (Fsp3) is 0.444. The molecule has 1 atom stereocenters. The summed E-state index contributed by atoms with van der Waals surface area (Å²) in [7, 11) is 0. The standard InChI is InChI=1S/C27H32N2O5/c1-26(2,13-22(30)29-16-27(3,4)23(29)24(31)32)15-28-25(33)34-14-21-19-11-7-5-9-17(19)18-10-6-8-12-20(18)21/h5-12,21,23H,13-16H2,1-4H3,(H,28,33)(H,31,32). The molecule has 0 bridgehead atoms. The van der Waals surface area contributed by atoms with E-state index in [2.05, 4.69) is 29.6 Å². The summed E-state index contributed by atoms with van der Waals surface area (Å²) >= 11 is 0. The molecule has 34 heavy (non-hydrogen) atoms. The van der Waals surface area contributed by atoms with Crippen LogP contribution in [0.15, 0.2) is 48.5 Å². The smallest absolute Gasteiger partial charge is 0.407 e. The maximum Gasteiger partial charge on any atom is 0.407 e. The van der Waals surface area contributed by atoms with Gasteiger partial charge >= 0.3 is 12.1 Å². The van der Waals surface area contributed by atoms with Crippen molar-refractivity contribution in [2.75, 3.05) is 19.7 Å². The van der Waals surface area contributed by atoms with Crippen LogP contribution in [0.1, 0.15) is 51.2 Å². The average Bonchev–Trinajstić information content (AvgIpc) is 3.08. The molecule has 1 heterocycles. The first-order valence-corrected chi connectivity index (χ1v) is 11.6. The van der Waals surface area contributed by atoms with Gasteiger partial charge in [-0.1, -0.05) is 76.2 Å². The zero-order chi connectivity index (χ0) is 24.7. The number of likely N-dealkylation sites (tertiary alicyclic amines) is 1. The molecule has 180 valence electrons. The highest BCUT2D eigenvalue weighted by atomic mass is 16.5. The molecule has 2 aliphatic rings. The Kier molecular flexibility index (Phi) is 6.14. The Morgan fingerprint density at radius 2 is 1.62 bits per heavy atom. The van der Waals surface area contributed by atoms with E-state index < -0.39 is 28.9 Å². The van der Waals surface area contributed by atoms with Crippen molar-refractivity contribution in [3.63, 3.8) is 0 Å². The summed E-state index contributed by atoms with van der Waals surface area (Å²) in [5.41, 5.74) is 3.64. The van der Waals surface area contributed by atoms with Crippen molar-refractivity contribution in [2.45, 2.75) is 46.1 Å². The van der Waals surface area contributed by atoms with Crippen LogP contribution >= 0.6 is 0 Å². The van der Waals surface area contributed by atoms with E-state index in [4.69, 9.17) is 4.74 Å². The molecule has 1 unspecified atom stereocenters. The van der Waals surface area contributed by atoms with E-state index >= 15 is 0 Å². The molecule has 2 N–H and O–H groups in total. The third-order valence-corrected chi connectivity index (χ3v) is 6.87. The van der Waals surface area contributed by atoms with E-state index in [-0.39, 0.29) is 31.4 Å². The molecule has 0 aromatic heterocycles. The summed E-state index contributed by atoms with van der Waals surface area (Å²) in [4.78, 5) is 38.2. The highest BCUT2D eigenvalue weighted by Crippen LogP contribution is 2.44. The Labute approximate surface area is 200 Å². The lowest BCUT2D eigenvalue weighted by Gasteiger charge is -2.52. The maximum absolute atomic E-state index is 12.7. The molecule has 1 fully saturated rings. The summed E-state index contributed by atoms with van der Waals surface area (Å²) in [6, 6.07) is 15.5. The molecule has 7 heteroatoms. The number of nitrogens with zero attached hydrogens (tertiary/aromatic N) is 1. The van der Waals surface area contributed by atoms with Gasteiger partial charge in [0.15, 0.2) is 0 Å². The van der Waals surface area contributed by atoms with Gasteiger partial charge in [-0.15, -0.1) is 0 Å². The average molecular weight is 465 g/mol. The lowest BCUT2D eigenvalue weighted by atomic mass is 9.74. The van der Waals surface area contributed by atoms with Crippen LogP contribution in [0.5, 0.6) is 0 Å². The van der Waals surface area contributed by atoms with Gasteiger partial charge in [-0.05, 0) is 27.7 Å². The van der Waals surface area contributed by atoms with Gasteiger partial charge in [0.05, 0.1) is 0 Å². The molecule has 0 saturated carbocycles. The Morgan fingerprint density at radius 1 is 1.06 bits per heavy atom. The summed E-state index contributed by atoms with van der Waals surface area (Å²) in [6.45, 7) is 8.31. The number of alkyl carbamates (subject to hydrolysis) is 1. The van der Waals surface area contributed by atoms with Crippen LogP contribution in [0.2, 0.25) is 0 Å². The van der Waals surface area contributed by atoms with Crippen LogP contribution in [0, 0.1) is 10.8 Å². The Bertz CT molecular complexity index is 1080. The van der Waals surface area contributed by atoms with Crippen LogP contribution < -0.4 is 5.32 Å².